The number of hydrogen-bond acceptors (Lipinski definition) is 3. The summed E-state index contributed by atoms with van der Waals surface area (Å²) in [5.74, 6) is -0.323. The maximum Gasteiger partial charge on any atom is 0.274 e. The molecular weight excluding hydrogens is 388 g/mol. The van der Waals surface area contributed by atoms with Crippen molar-refractivity contribution < 1.29 is 4.79 Å². The van der Waals surface area contributed by atoms with E-state index in [2.05, 4.69) is 15.4 Å². The fourth-order valence-electron chi connectivity index (χ4n) is 3.60. The van der Waals surface area contributed by atoms with Crippen LogP contribution in [0, 0.1) is 6.92 Å². The van der Waals surface area contributed by atoms with Gasteiger partial charge in [-0.2, -0.15) is 5.10 Å². The third-order valence-electron chi connectivity index (χ3n) is 5.33. The van der Waals surface area contributed by atoms with Crippen molar-refractivity contribution in [3.63, 3.8) is 0 Å². The van der Waals surface area contributed by atoms with Gasteiger partial charge in [0.2, 0.25) is 0 Å². The van der Waals surface area contributed by atoms with E-state index in [-0.39, 0.29) is 17.2 Å². The molecule has 5 rings (SSSR count). The minimum Gasteiger partial charge on any atom is -0.347 e. The van der Waals surface area contributed by atoms with Crippen LogP contribution < -0.4 is 10.9 Å². The van der Waals surface area contributed by atoms with E-state index in [1.165, 1.54) is 10.6 Å². The highest BCUT2D eigenvalue weighted by atomic mass is 16.2. The average molecular weight is 408 g/mol. The van der Waals surface area contributed by atoms with Gasteiger partial charge in [-0.1, -0.05) is 66.2 Å². The molecule has 6 nitrogen and oxygen atoms in total. The third-order valence-corrected chi connectivity index (χ3v) is 5.33. The number of aromatic amines is 1. The molecule has 0 aliphatic heterocycles. The predicted molar refractivity (Wildman–Crippen MR) is 121 cm³/mol. The van der Waals surface area contributed by atoms with E-state index in [4.69, 9.17) is 0 Å². The van der Waals surface area contributed by atoms with Gasteiger partial charge >= 0.3 is 0 Å². The van der Waals surface area contributed by atoms with Crippen molar-refractivity contribution >= 4 is 22.2 Å². The lowest BCUT2D eigenvalue weighted by atomic mass is 10.1. The molecule has 31 heavy (non-hydrogen) atoms. The van der Waals surface area contributed by atoms with Crippen LogP contribution in [-0.2, 0) is 6.54 Å². The van der Waals surface area contributed by atoms with Crippen molar-refractivity contribution in [2.24, 2.45) is 0 Å². The molecule has 3 aromatic carbocycles. The van der Waals surface area contributed by atoms with E-state index in [0.717, 1.165) is 27.5 Å². The van der Waals surface area contributed by atoms with Crippen LogP contribution in [-0.4, -0.2) is 20.5 Å². The van der Waals surface area contributed by atoms with Gasteiger partial charge < -0.3 is 10.3 Å². The molecule has 0 aliphatic carbocycles. The molecule has 0 aliphatic rings. The molecule has 152 valence electrons. The van der Waals surface area contributed by atoms with Gasteiger partial charge in [0.15, 0.2) is 5.69 Å². The Morgan fingerprint density at radius 1 is 1.00 bits per heavy atom. The molecule has 6 heteroatoms. The Balaban J connectivity index is 1.44. The minimum atomic E-state index is -0.323. The molecule has 0 spiro atoms. The summed E-state index contributed by atoms with van der Waals surface area (Å²) in [6, 6.07) is 23.5. The molecule has 0 saturated carbocycles. The van der Waals surface area contributed by atoms with Gasteiger partial charge in [-0.15, -0.1) is 0 Å². The summed E-state index contributed by atoms with van der Waals surface area (Å²) in [6.07, 6.45) is 1.73. The number of benzene rings is 3. The number of aryl methyl sites for hydroxylation is 1. The van der Waals surface area contributed by atoms with Crippen LogP contribution in [0.25, 0.3) is 27.5 Å². The van der Waals surface area contributed by atoms with Crippen molar-refractivity contribution in [3.05, 3.63) is 106 Å². The lowest BCUT2D eigenvalue weighted by molar-refractivity contribution is 0.0945. The van der Waals surface area contributed by atoms with Crippen molar-refractivity contribution in [2.45, 2.75) is 13.5 Å². The van der Waals surface area contributed by atoms with Gasteiger partial charge in [-0.25, -0.2) is 4.52 Å². The van der Waals surface area contributed by atoms with Crippen LogP contribution in [0.2, 0.25) is 0 Å². The Labute approximate surface area is 178 Å². The summed E-state index contributed by atoms with van der Waals surface area (Å²) in [5.41, 5.74) is 3.90. The van der Waals surface area contributed by atoms with Gasteiger partial charge in [-0.3, -0.25) is 9.59 Å². The quantitative estimate of drug-likeness (QED) is 0.470. The Bertz CT molecular complexity index is 1480. The summed E-state index contributed by atoms with van der Waals surface area (Å²) in [6.45, 7) is 2.41. The third kappa shape index (κ3) is 3.71. The molecule has 1 amide bonds. The topological polar surface area (TPSA) is 79.3 Å². The normalized spacial score (nSPS) is 11.1. The molecule has 0 bridgehead atoms. The van der Waals surface area contributed by atoms with Gasteiger partial charge in [0.25, 0.3) is 11.5 Å². The first-order valence-corrected chi connectivity index (χ1v) is 10.0. The predicted octanol–water partition coefficient (Wildman–Crippen LogP) is 4.08. The summed E-state index contributed by atoms with van der Waals surface area (Å²) < 4.78 is 1.46. The van der Waals surface area contributed by atoms with E-state index in [9.17, 15) is 9.59 Å². The average Bonchev–Trinajstić information content (AvgIpc) is 3.23. The van der Waals surface area contributed by atoms with Crippen LogP contribution in [0.15, 0.2) is 83.8 Å². The first-order chi connectivity index (χ1) is 15.1. The van der Waals surface area contributed by atoms with Gasteiger partial charge in [-0.05, 0) is 29.3 Å². The van der Waals surface area contributed by atoms with E-state index >= 15 is 0 Å². The largest absolute Gasteiger partial charge is 0.347 e. The van der Waals surface area contributed by atoms with Crippen molar-refractivity contribution in [1.29, 1.82) is 0 Å². The Kier molecular flexibility index (Phi) is 4.59. The maximum atomic E-state index is 12.6. The molecule has 0 saturated heterocycles. The van der Waals surface area contributed by atoms with Gasteiger partial charge in [0.1, 0.15) is 5.52 Å². The van der Waals surface area contributed by atoms with E-state index in [1.54, 1.807) is 6.20 Å². The zero-order valence-corrected chi connectivity index (χ0v) is 16.9. The lowest BCUT2D eigenvalue weighted by Crippen LogP contribution is -2.23. The van der Waals surface area contributed by atoms with Gasteiger partial charge in [0.05, 0.1) is 11.9 Å². The van der Waals surface area contributed by atoms with E-state index < -0.39 is 0 Å². The Morgan fingerprint density at radius 3 is 2.58 bits per heavy atom. The summed E-state index contributed by atoms with van der Waals surface area (Å²) in [7, 11) is 0. The van der Waals surface area contributed by atoms with Crippen molar-refractivity contribution in [3.8, 4) is 11.3 Å². The molecule has 0 fully saturated rings. The lowest BCUT2D eigenvalue weighted by Gasteiger charge is -2.05. The molecule has 2 heterocycles. The molecule has 0 atom stereocenters. The highest BCUT2D eigenvalue weighted by Crippen LogP contribution is 2.22. The van der Waals surface area contributed by atoms with Crippen molar-refractivity contribution in [2.75, 3.05) is 0 Å². The Hall–Kier alpha value is -4.19. The monoisotopic (exact) mass is 408 g/mol. The standard InChI is InChI=1S/C25H20N4O2/c1-16-6-8-17(9-7-16)14-26-24(30)21-13-23-25(31)27-22(15-29(23)28-21)20-11-10-18-4-2-3-5-19(18)12-20/h2-13,15H,14H2,1H3,(H,26,30)(H,27,31). The fraction of sp³-hybridized carbons (Fsp3) is 0.0800. The van der Waals surface area contributed by atoms with E-state index in [1.807, 2.05) is 73.7 Å². The number of nitrogens with one attached hydrogen (secondary N) is 2. The molecule has 0 radical (unpaired) electrons. The number of carbonyl (C=O) groups excluding carboxylic acids is 1. The number of amides is 1. The Morgan fingerprint density at radius 2 is 1.77 bits per heavy atom. The summed E-state index contributed by atoms with van der Waals surface area (Å²) >= 11 is 0. The second-order valence-electron chi connectivity index (χ2n) is 7.59. The molecular formula is C25H20N4O2. The summed E-state index contributed by atoms with van der Waals surface area (Å²) in [4.78, 5) is 28.1. The number of nitrogens with zero attached hydrogens (tertiary/aromatic N) is 2. The second kappa shape index (κ2) is 7.57. The number of aromatic nitrogens is 3. The molecule has 2 N–H and O–H groups in total. The van der Waals surface area contributed by atoms with Crippen LogP contribution in [0.1, 0.15) is 21.6 Å². The fourth-order valence-corrected chi connectivity index (χ4v) is 3.60. The molecule has 5 aromatic rings. The van der Waals surface area contributed by atoms with Crippen LogP contribution >= 0.6 is 0 Å². The molecule has 0 unspecified atom stereocenters. The number of rotatable bonds is 4. The van der Waals surface area contributed by atoms with Crippen LogP contribution in [0.3, 0.4) is 0 Å². The first kappa shape index (κ1) is 18.8. The maximum absolute atomic E-state index is 12.6. The molecule has 2 aromatic heterocycles. The number of hydrogen-bond donors (Lipinski definition) is 2. The number of fused-ring (bicyclic) bond motifs is 2. The number of carbonyl (C=O) groups is 1. The zero-order valence-electron chi connectivity index (χ0n) is 16.9. The highest BCUT2D eigenvalue weighted by Gasteiger charge is 2.14. The van der Waals surface area contributed by atoms with Gasteiger partial charge in [0, 0.05) is 18.2 Å². The highest BCUT2D eigenvalue weighted by molar-refractivity contribution is 5.93. The second-order valence-corrected chi connectivity index (χ2v) is 7.59. The minimum absolute atomic E-state index is 0.202. The smallest absolute Gasteiger partial charge is 0.274 e. The number of H-pyrrole nitrogens is 1. The first-order valence-electron chi connectivity index (χ1n) is 10.0. The van der Waals surface area contributed by atoms with Crippen LogP contribution in [0.5, 0.6) is 0 Å². The van der Waals surface area contributed by atoms with E-state index in [0.29, 0.717) is 17.8 Å². The SMILES string of the molecule is Cc1ccc(CNC(=O)c2cc3c(=O)[nH]c(-c4ccc5ccccc5c4)cn3n2)cc1. The van der Waals surface area contributed by atoms with Crippen LogP contribution in [0.4, 0.5) is 0 Å². The zero-order chi connectivity index (χ0) is 21.4. The van der Waals surface area contributed by atoms with Crippen molar-refractivity contribution in [1.82, 2.24) is 19.9 Å². The summed E-state index contributed by atoms with van der Waals surface area (Å²) in [5, 5.41) is 9.39.